The van der Waals surface area contributed by atoms with Crippen molar-refractivity contribution < 1.29 is 14.3 Å². The molecule has 1 aromatic carbocycles. The number of amides is 1. The fraction of sp³-hybridized carbons (Fsp3) is 0.667. The minimum absolute atomic E-state index is 0. The number of hydrogen-bond donors (Lipinski definition) is 0. The second-order valence-corrected chi connectivity index (χ2v) is 6.88. The first kappa shape index (κ1) is 22.5. The normalized spacial score (nSPS) is 18.8. The van der Waals surface area contributed by atoms with E-state index in [1.807, 2.05) is 29.2 Å². The Hall–Kier alpha value is -1.59. The van der Waals surface area contributed by atoms with Gasteiger partial charge in [-0.3, -0.25) is 9.69 Å². The molecule has 2 fully saturated rings. The summed E-state index contributed by atoms with van der Waals surface area (Å²) in [4.78, 5) is 17.0. The third-order valence-electron chi connectivity index (χ3n) is 4.90. The van der Waals surface area contributed by atoms with Gasteiger partial charge in [-0.25, -0.2) is 0 Å². The third-order valence-corrected chi connectivity index (χ3v) is 4.90. The molecule has 2 saturated heterocycles. The lowest BCUT2D eigenvalue weighted by Crippen LogP contribution is -2.50. The van der Waals surface area contributed by atoms with E-state index < -0.39 is 0 Å². The van der Waals surface area contributed by atoms with Gasteiger partial charge in [-0.15, -0.1) is 0 Å². The van der Waals surface area contributed by atoms with Gasteiger partial charge in [-0.1, -0.05) is 14.9 Å². The molecule has 1 amide bonds. The van der Waals surface area contributed by atoms with Crippen LogP contribution in [-0.4, -0.2) is 67.2 Å². The summed E-state index contributed by atoms with van der Waals surface area (Å²) in [5.41, 5.74) is 0.743. The Morgan fingerprint density at radius 3 is 2.15 bits per heavy atom. The van der Waals surface area contributed by atoms with Gasteiger partial charge in [0, 0.05) is 50.6 Å². The molecule has 0 bridgehead atoms. The van der Waals surface area contributed by atoms with Crippen molar-refractivity contribution in [2.45, 2.75) is 53.7 Å². The summed E-state index contributed by atoms with van der Waals surface area (Å²) in [7, 11) is 0. The molecule has 0 saturated carbocycles. The fourth-order valence-electron chi connectivity index (χ4n) is 3.29. The zero-order valence-corrected chi connectivity index (χ0v) is 14.7. The molecule has 148 valence electrons. The van der Waals surface area contributed by atoms with E-state index in [9.17, 15) is 4.79 Å². The molecule has 0 spiro atoms. The molecule has 2 heterocycles. The molecule has 0 radical (unpaired) electrons. The molecule has 0 aromatic heterocycles. The van der Waals surface area contributed by atoms with Gasteiger partial charge in [0.25, 0.3) is 5.91 Å². The Bertz CT molecular complexity index is 531. The van der Waals surface area contributed by atoms with E-state index in [-0.39, 0.29) is 26.9 Å². The number of carbonyl (C=O) groups is 1. The molecule has 0 aliphatic carbocycles. The number of nitrogens with zero attached hydrogens (tertiary/aromatic N) is 2. The first-order chi connectivity index (χ1) is 11.6. The Balaban J connectivity index is 0.00000169. The average Bonchev–Trinajstić information content (AvgIpc) is 2.63. The molecule has 1 aromatic rings. The van der Waals surface area contributed by atoms with Crippen molar-refractivity contribution >= 4 is 5.91 Å². The van der Waals surface area contributed by atoms with Gasteiger partial charge in [0.1, 0.15) is 11.9 Å². The summed E-state index contributed by atoms with van der Waals surface area (Å²) >= 11 is 0. The predicted octanol–water partition coefficient (Wildman–Crippen LogP) is 3.68. The second-order valence-electron chi connectivity index (χ2n) is 6.88. The maximum Gasteiger partial charge on any atom is 0.253 e. The van der Waals surface area contributed by atoms with Crippen LogP contribution in [0.15, 0.2) is 24.3 Å². The van der Waals surface area contributed by atoms with E-state index in [1.165, 1.54) is 0 Å². The largest absolute Gasteiger partial charge is 0.490 e. The molecular formula is C21H36N2O3. The topological polar surface area (TPSA) is 42.0 Å². The van der Waals surface area contributed by atoms with Crippen LogP contribution in [0.25, 0.3) is 0 Å². The maximum atomic E-state index is 12.6. The molecule has 3 rings (SSSR count). The average molecular weight is 365 g/mol. The molecule has 5 nitrogen and oxygen atoms in total. The standard InChI is InChI=1S/C19H28N2O3.2CH4/c1-15(2)20-9-11-21(12-10-20)19(22)16-3-5-17(6-4-16)24-18-7-13-23-14-8-18;;/h3-6,15,18H,7-14H2,1-2H3;2*1H4. The van der Waals surface area contributed by atoms with E-state index in [1.54, 1.807) is 0 Å². The van der Waals surface area contributed by atoms with Gasteiger partial charge in [-0.05, 0) is 38.1 Å². The van der Waals surface area contributed by atoms with Crippen molar-refractivity contribution in [2.75, 3.05) is 39.4 Å². The van der Waals surface area contributed by atoms with Crippen molar-refractivity contribution in [3.8, 4) is 5.75 Å². The number of carbonyl (C=O) groups excluding carboxylic acids is 1. The summed E-state index contributed by atoms with van der Waals surface area (Å²) < 4.78 is 11.3. The highest BCUT2D eigenvalue weighted by atomic mass is 16.5. The van der Waals surface area contributed by atoms with Crippen LogP contribution in [0.4, 0.5) is 0 Å². The first-order valence-electron chi connectivity index (χ1n) is 9.01. The summed E-state index contributed by atoms with van der Waals surface area (Å²) in [6, 6.07) is 8.13. The highest BCUT2D eigenvalue weighted by Crippen LogP contribution is 2.19. The molecule has 2 aliphatic heterocycles. The molecule has 0 unspecified atom stereocenters. The van der Waals surface area contributed by atoms with Crippen LogP contribution in [0.1, 0.15) is 51.9 Å². The lowest BCUT2D eigenvalue weighted by atomic mass is 10.1. The van der Waals surface area contributed by atoms with Gasteiger partial charge < -0.3 is 14.4 Å². The van der Waals surface area contributed by atoms with Crippen molar-refractivity contribution in [1.29, 1.82) is 0 Å². The first-order valence-corrected chi connectivity index (χ1v) is 9.01. The van der Waals surface area contributed by atoms with E-state index >= 15 is 0 Å². The molecule has 5 heteroatoms. The van der Waals surface area contributed by atoms with Crippen LogP contribution in [-0.2, 0) is 4.74 Å². The van der Waals surface area contributed by atoms with Crippen molar-refractivity contribution in [3.05, 3.63) is 29.8 Å². The lowest BCUT2D eigenvalue weighted by molar-refractivity contribution is 0.0255. The van der Waals surface area contributed by atoms with Crippen LogP contribution in [0.3, 0.4) is 0 Å². The van der Waals surface area contributed by atoms with Crippen LogP contribution < -0.4 is 4.74 Å². The Morgan fingerprint density at radius 1 is 1.04 bits per heavy atom. The van der Waals surface area contributed by atoms with Crippen molar-refractivity contribution in [3.63, 3.8) is 0 Å². The number of ether oxygens (including phenoxy) is 2. The quantitative estimate of drug-likeness (QED) is 0.817. The molecular weight excluding hydrogens is 328 g/mol. The Labute approximate surface area is 159 Å². The zero-order valence-electron chi connectivity index (χ0n) is 14.7. The third kappa shape index (κ3) is 5.71. The van der Waals surface area contributed by atoms with Crippen LogP contribution in [0.2, 0.25) is 0 Å². The fourth-order valence-corrected chi connectivity index (χ4v) is 3.29. The summed E-state index contributed by atoms with van der Waals surface area (Å²) in [6.07, 6.45) is 2.09. The Morgan fingerprint density at radius 2 is 1.62 bits per heavy atom. The van der Waals surface area contributed by atoms with Crippen LogP contribution in [0, 0.1) is 0 Å². The van der Waals surface area contributed by atoms with E-state index in [0.29, 0.717) is 6.04 Å². The predicted molar refractivity (Wildman–Crippen MR) is 107 cm³/mol. The van der Waals surface area contributed by atoms with Crippen LogP contribution in [0.5, 0.6) is 5.75 Å². The molecule has 26 heavy (non-hydrogen) atoms. The molecule has 0 atom stereocenters. The van der Waals surface area contributed by atoms with Crippen molar-refractivity contribution in [1.82, 2.24) is 9.80 Å². The van der Waals surface area contributed by atoms with Gasteiger partial charge >= 0.3 is 0 Å². The zero-order chi connectivity index (χ0) is 16.9. The SMILES string of the molecule is C.C.CC(C)N1CCN(C(=O)c2ccc(OC3CCOCC3)cc2)CC1. The number of piperazine rings is 1. The van der Waals surface area contributed by atoms with E-state index in [4.69, 9.17) is 9.47 Å². The Kier molecular flexibility index (Phi) is 9.09. The van der Waals surface area contributed by atoms with Crippen molar-refractivity contribution in [2.24, 2.45) is 0 Å². The smallest absolute Gasteiger partial charge is 0.253 e. The lowest BCUT2D eigenvalue weighted by Gasteiger charge is -2.37. The van der Waals surface area contributed by atoms with Gasteiger partial charge in [0.2, 0.25) is 0 Å². The number of benzene rings is 1. The monoisotopic (exact) mass is 364 g/mol. The van der Waals surface area contributed by atoms with Crippen LogP contribution >= 0.6 is 0 Å². The van der Waals surface area contributed by atoms with Gasteiger partial charge in [0.15, 0.2) is 0 Å². The number of rotatable bonds is 4. The highest BCUT2D eigenvalue weighted by Gasteiger charge is 2.23. The highest BCUT2D eigenvalue weighted by molar-refractivity contribution is 5.94. The maximum absolute atomic E-state index is 12.6. The summed E-state index contributed by atoms with van der Waals surface area (Å²) in [5, 5.41) is 0. The second kappa shape index (κ2) is 10.5. The summed E-state index contributed by atoms with van der Waals surface area (Å²) in [5.74, 6) is 0.957. The summed E-state index contributed by atoms with van der Waals surface area (Å²) in [6.45, 7) is 9.45. The van der Waals surface area contributed by atoms with Gasteiger partial charge in [0.05, 0.1) is 13.2 Å². The minimum atomic E-state index is 0. The number of hydrogen-bond acceptors (Lipinski definition) is 4. The molecule has 2 aliphatic rings. The van der Waals surface area contributed by atoms with E-state index in [0.717, 1.165) is 63.5 Å². The minimum Gasteiger partial charge on any atom is -0.490 e. The van der Waals surface area contributed by atoms with Gasteiger partial charge in [-0.2, -0.15) is 0 Å². The van der Waals surface area contributed by atoms with E-state index in [2.05, 4.69) is 18.7 Å². The molecule has 0 N–H and O–H groups in total.